The number of aromatic nitrogens is 1. The minimum absolute atomic E-state index is 0.0589. The van der Waals surface area contributed by atoms with Crippen molar-refractivity contribution in [3.05, 3.63) is 59.9 Å². The number of nitrogens with one attached hydrogen (secondary N) is 1. The first-order chi connectivity index (χ1) is 20.3. The Morgan fingerprint density at radius 2 is 1.71 bits per heavy atom. The number of carbonyl (C=O) groups is 1. The average molecular weight is 585 g/mol. The standard InChI is InChI=1S/C33H36N4O4S/c34-21-33(15-16-33)36-31(38)27-7-3-2-6-26(27)30-29(35-32(41-30)28-8-4-1-5-25(28)22-9-10-22)23-11-13-24(14-12-23)37-17-19-42(39,40)20-18-37/h1,4-5,8,11-14,22,26-27H,2-3,6-7,9-10,15-20H2,(H,36,38). The van der Waals surface area contributed by atoms with Crippen molar-refractivity contribution in [2.75, 3.05) is 29.5 Å². The number of nitriles is 1. The van der Waals surface area contributed by atoms with E-state index in [2.05, 4.69) is 34.5 Å². The van der Waals surface area contributed by atoms with E-state index in [-0.39, 0.29) is 29.2 Å². The third-order valence-electron chi connectivity index (χ3n) is 9.48. The third-order valence-corrected chi connectivity index (χ3v) is 11.1. The van der Waals surface area contributed by atoms with E-state index in [1.165, 1.54) is 18.4 Å². The summed E-state index contributed by atoms with van der Waals surface area (Å²) in [5.41, 5.74) is 4.22. The summed E-state index contributed by atoms with van der Waals surface area (Å²) < 4.78 is 30.6. The fourth-order valence-corrected chi connectivity index (χ4v) is 7.83. The summed E-state index contributed by atoms with van der Waals surface area (Å²) >= 11 is 0. The van der Waals surface area contributed by atoms with Crippen LogP contribution in [0.5, 0.6) is 0 Å². The van der Waals surface area contributed by atoms with Crippen LogP contribution < -0.4 is 10.2 Å². The van der Waals surface area contributed by atoms with E-state index in [9.17, 15) is 18.5 Å². The predicted octanol–water partition coefficient (Wildman–Crippen LogP) is 5.57. The highest BCUT2D eigenvalue weighted by molar-refractivity contribution is 7.91. The van der Waals surface area contributed by atoms with Gasteiger partial charge in [-0.1, -0.05) is 43.2 Å². The lowest BCUT2D eigenvalue weighted by atomic mass is 9.76. The SMILES string of the molecule is N#CC1(NC(=O)C2CCCCC2c2oc(-c3ccccc3C3CC3)nc2-c2ccc(N3CCS(=O)(=O)CC3)cc2)CC1. The van der Waals surface area contributed by atoms with Gasteiger partial charge in [0.25, 0.3) is 0 Å². The summed E-state index contributed by atoms with van der Waals surface area (Å²) in [5, 5.41) is 12.7. The maximum atomic E-state index is 13.6. The normalized spacial score (nSPS) is 24.5. The third kappa shape index (κ3) is 5.33. The molecule has 2 aromatic carbocycles. The number of hydrogen-bond acceptors (Lipinski definition) is 7. The lowest BCUT2D eigenvalue weighted by Crippen LogP contribution is -2.42. The predicted molar refractivity (Wildman–Crippen MR) is 161 cm³/mol. The van der Waals surface area contributed by atoms with Gasteiger partial charge in [-0.15, -0.1) is 0 Å². The van der Waals surface area contributed by atoms with Crippen LogP contribution in [-0.4, -0.2) is 49.4 Å². The van der Waals surface area contributed by atoms with Gasteiger partial charge in [0.05, 0.1) is 17.6 Å². The highest BCUT2D eigenvalue weighted by Crippen LogP contribution is 2.48. The van der Waals surface area contributed by atoms with Gasteiger partial charge in [-0.3, -0.25) is 4.79 Å². The Balaban J connectivity index is 1.25. The topological polar surface area (TPSA) is 116 Å². The molecule has 2 atom stereocenters. The monoisotopic (exact) mass is 584 g/mol. The second-order valence-corrected chi connectivity index (χ2v) is 14.8. The fourth-order valence-electron chi connectivity index (χ4n) is 6.62. The largest absolute Gasteiger partial charge is 0.440 e. The summed E-state index contributed by atoms with van der Waals surface area (Å²) in [6.07, 6.45) is 7.30. The zero-order valence-electron chi connectivity index (χ0n) is 23.7. The molecular formula is C33H36N4O4S. The van der Waals surface area contributed by atoms with Crippen molar-refractivity contribution in [3.63, 3.8) is 0 Å². The van der Waals surface area contributed by atoms with Crippen molar-refractivity contribution < 1.29 is 17.6 Å². The van der Waals surface area contributed by atoms with Crippen molar-refractivity contribution in [3.8, 4) is 28.8 Å². The number of benzene rings is 2. The first kappa shape index (κ1) is 27.2. The molecule has 1 aliphatic heterocycles. The second kappa shape index (κ2) is 10.6. The van der Waals surface area contributed by atoms with Crippen LogP contribution in [0, 0.1) is 17.2 Å². The zero-order valence-corrected chi connectivity index (χ0v) is 24.5. The molecule has 3 aromatic rings. The number of amides is 1. The molecule has 2 heterocycles. The van der Waals surface area contributed by atoms with Gasteiger partial charge in [-0.2, -0.15) is 5.26 Å². The van der Waals surface area contributed by atoms with Crippen LogP contribution in [0.25, 0.3) is 22.7 Å². The lowest BCUT2D eigenvalue weighted by molar-refractivity contribution is -0.127. The van der Waals surface area contributed by atoms with E-state index in [1.807, 2.05) is 30.3 Å². The first-order valence-electron chi connectivity index (χ1n) is 15.2. The van der Waals surface area contributed by atoms with Crippen LogP contribution in [0.15, 0.2) is 52.9 Å². The second-order valence-electron chi connectivity index (χ2n) is 12.5. The van der Waals surface area contributed by atoms with Crippen LogP contribution in [0.3, 0.4) is 0 Å². The minimum atomic E-state index is -2.96. The minimum Gasteiger partial charge on any atom is -0.440 e. The average Bonchev–Trinajstić information content (AvgIpc) is 3.95. The fraction of sp³-hybridized carbons (Fsp3) is 0.485. The Morgan fingerprint density at radius 1 is 1.00 bits per heavy atom. The molecule has 4 aliphatic rings. The molecule has 1 amide bonds. The summed E-state index contributed by atoms with van der Waals surface area (Å²) in [7, 11) is -2.96. The number of nitrogens with zero attached hydrogens (tertiary/aromatic N) is 3. The molecule has 1 aromatic heterocycles. The van der Waals surface area contributed by atoms with Crippen LogP contribution >= 0.6 is 0 Å². The highest BCUT2D eigenvalue weighted by Gasteiger charge is 2.47. The van der Waals surface area contributed by atoms with Crippen LogP contribution in [0.4, 0.5) is 5.69 Å². The van der Waals surface area contributed by atoms with E-state index in [0.29, 0.717) is 37.7 Å². The number of anilines is 1. The Kier molecular flexibility index (Phi) is 6.85. The summed E-state index contributed by atoms with van der Waals surface area (Å²) in [5.74, 6) is 1.73. The Morgan fingerprint density at radius 3 is 2.40 bits per heavy atom. The molecule has 3 aliphatic carbocycles. The molecular weight excluding hydrogens is 548 g/mol. The lowest BCUT2D eigenvalue weighted by Gasteiger charge is -2.30. The van der Waals surface area contributed by atoms with Gasteiger partial charge in [0.1, 0.15) is 17.0 Å². The molecule has 2 unspecified atom stereocenters. The number of hydrogen-bond donors (Lipinski definition) is 1. The number of rotatable bonds is 7. The van der Waals surface area contributed by atoms with Gasteiger partial charge in [0, 0.05) is 41.7 Å². The van der Waals surface area contributed by atoms with Gasteiger partial charge in [0.2, 0.25) is 11.8 Å². The number of carbonyl (C=O) groups excluding carboxylic acids is 1. The molecule has 1 N–H and O–H groups in total. The number of sulfone groups is 1. The quantitative estimate of drug-likeness (QED) is 0.386. The molecule has 0 radical (unpaired) electrons. The van der Waals surface area contributed by atoms with E-state index >= 15 is 0 Å². The van der Waals surface area contributed by atoms with Gasteiger partial charge in [-0.25, -0.2) is 13.4 Å². The van der Waals surface area contributed by atoms with Crippen molar-refractivity contribution >= 4 is 21.4 Å². The maximum absolute atomic E-state index is 13.6. The first-order valence-corrected chi connectivity index (χ1v) is 17.1. The van der Waals surface area contributed by atoms with Crippen molar-refractivity contribution in [2.24, 2.45) is 5.92 Å². The molecule has 1 saturated heterocycles. The molecule has 7 rings (SSSR count). The molecule has 0 bridgehead atoms. The van der Waals surface area contributed by atoms with Crippen LogP contribution in [0.1, 0.15) is 74.5 Å². The summed E-state index contributed by atoms with van der Waals surface area (Å²) in [6.45, 7) is 0.976. The molecule has 9 heteroatoms. The Bertz CT molecular complexity index is 1630. The molecule has 3 saturated carbocycles. The summed E-state index contributed by atoms with van der Waals surface area (Å²) in [4.78, 5) is 20.8. The molecule has 218 valence electrons. The molecule has 42 heavy (non-hydrogen) atoms. The molecule has 4 fully saturated rings. The van der Waals surface area contributed by atoms with Crippen molar-refractivity contribution in [2.45, 2.75) is 68.7 Å². The molecule has 8 nitrogen and oxygen atoms in total. The molecule has 0 spiro atoms. The van der Waals surface area contributed by atoms with Crippen molar-refractivity contribution in [1.29, 1.82) is 5.26 Å². The zero-order chi connectivity index (χ0) is 28.9. The van der Waals surface area contributed by atoms with Gasteiger partial charge < -0.3 is 14.6 Å². The number of oxazole rings is 1. The van der Waals surface area contributed by atoms with E-state index in [1.54, 1.807) is 0 Å². The van der Waals surface area contributed by atoms with Crippen LogP contribution in [-0.2, 0) is 14.6 Å². The maximum Gasteiger partial charge on any atom is 0.227 e. The van der Waals surface area contributed by atoms with Crippen LogP contribution in [0.2, 0.25) is 0 Å². The van der Waals surface area contributed by atoms with E-state index in [0.717, 1.165) is 54.0 Å². The Labute approximate surface area is 247 Å². The van der Waals surface area contributed by atoms with Crippen molar-refractivity contribution in [1.82, 2.24) is 10.3 Å². The van der Waals surface area contributed by atoms with E-state index in [4.69, 9.17) is 9.40 Å². The van der Waals surface area contributed by atoms with E-state index < -0.39 is 15.4 Å². The van der Waals surface area contributed by atoms with Gasteiger partial charge >= 0.3 is 0 Å². The smallest absolute Gasteiger partial charge is 0.227 e. The highest BCUT2D eigenvalue weighted by atomic mass is 32.2. The van der Waals surface area contributed by atoms with Gasteiger partial charge in [-0.05, 0) is 68.2 Å². The summed E-state index contributed by atoms with van der Waals surface area (Å²) in [6, 6.07) is 18.7. The van der Waals surface area contributed by atoms with Gasteiger partial charge in [0.15, 0.2) is 9.84 Å². The Hall–Kier alpha value is -3.64.